The lowest BCUT2D eigenvalue weighted by atomic mass is 10.0. The molecule has 0 bridgehead atoms. The van der Waals surface area contributed by atoms with Crippen LogP contribution in [-0.4, -0.2) is 32.8 Å². The molecular formula is C18H23N5O. The highest BCUT2D eigenvalue weighted by Crippen LogP contribution is 2.38. The van der Waals surface area contributed by atoms with E-state index >= 15 is 0 Å². The summed E-state index contributed by atoms with van der Waals surface area (Å²) >= 11 is 0. The van der Waals surface area contributed by atoms with Crippen LogP contribution in [0.25, 0.3) is 0 Å². The van der Waals surface area contributed by atoms with Gasteiger partial charge in [-0.15, -0.1) is 0 Å². The van der Waals surface area contributed by atoms with Crippen molar-refractivity contribution in [3.05, 3.63) is 45.8 Å². The van der Waals surface area contributed by atoms with Crippen LogP contribution < -0.4 is 10.5 Å². The Kier molecular flexibility index (Phi) is 3.82. The van der Waals surface area contributed by atoms with Gasteiger partial charge in [-0.05, 0) is 45.6 Å². The van der Waals surface area contributed by atoms with E-state index in [-0.39, 0.29) is 11.6 Å². The molecule has 0 aromatic carbocycles. The molecule has 1 aliphatic carbocycles. The summed E-state index contributed by atoms with van der Waals surface area (Å²) in [6.07, 6.45) is 5.88. The molecule has 2 fully saturated rings. The van der Waals surface area contributed by atoms with Crippen LogP contribution in [0.5, 0.6) is 0 Å². The van der Waals surface area contributed by atoms with E-state index in [1.54, 1.807) is 17.1 Å². The lowest BCUT2D eigenvalue weighted by Gasteiger charge is -2.34. The molecule has 0 radical (unpaired) electrons. The second-order valence-corrected chi connectivity index (χ2v) is 6.94. The summed E-state index contributed by atoms with van der Waals surface area (Å²) in [6, 6.07) is 3.78. The fourth-order valence-corrected chi connectivity index (χ4v) is 3.47. The van der Waals surface area contributed by atoms with Crippen LogP contribution in [0.2, 0.25) is 0 Å². The van der Waals surface area contributed by atoms with Gasteiger partial charge in [0.2, 0.25) is 0 Å². The zero-order valence-corrected chi connectivity index (χ0v) is 14.3. The van der Waals surface area contributed by atoms with Gasteiger partial charge in [-0.25, -0.2) is 14.6 Å². The van der Waals surface area contributed by atoms with Crippen LogP contribution >= 0.6 is 0 Å². The first kappa shape index (κ1) is 15.3. The van der Waals surface area contributed by atoms with Crippen LogP contribution in [0.3, 0.4) is 0 Å². The van der Waals surface area contributed by atoms with Crippen LogP contribution in [0.4, 0.5) is 5.82 Å². The number of hydrogen-bond donors (Lipinski definition) is 0. The number of nitrogens with zero attached hydrogens (tertiary/aromatic N) is 5. The van der Waals surface area contributed by atoms with Gasteiger partial charge in [0.25, 0.3) is 5.56 Å². The van der Waals surface area contributed by atoms with Gasteiger partial charge in [-0.1, -0.05) is 0 Å². The average molecular weight is 325 g/mol. The zero-order chi connectivity index (χ0) is 16.7. The standard InChI is InChI=1S/C18H23N5O/c1-12-13(2)19-11-20-18(12)22-9-7-15(8-10-22)23-17(24)6-5-16(21-23)14-3-4-14/h5-6,11,14-15H,3-4,7-10H2,1-2H3. The molecule has 24 heavy (non-hydrogen) atoms. The SMILES string of the molecule is Cc1ncnc(N2CCC(n3nc(C4CC4)ccc3=O)CC2)c1C. The normalized spacial score (nSPS) is 18.8. The van der Waals surface area contributed by atoms with Gasteiger partial charge in [0, 0.05) is 36.3 Å². The molecule has 6 nitrogen and oxygen atoms in total. The summed E-state index contributed by atoms with van der Waals surface area (Å²) in [5, 5.41) is 4.65. The minimum absolute atomic E-state index is 0.0203. The van der Waals surface area contributed by atoms with Gasteiger partial charge in [0.05, 0.1) is 11.7 Å². The van der Waals surface area contributed by atoms with E-state index in [4.69, 9.17) is 0 Å². The van der Waals surface area contributed by atoms with Crippen molar-refractivity contribution in [2.75, 3.05) is 18.0 Å². The second kappa shape index (κ2) is 6.00. The molecule has 0 spiro atoms. The van der Waals surface area contributed by atoms with Crippen LogP contribution in [0.1, 0.15) is 54.6 Å². The molecule has 3 heterocycles. The third kappa shape index (κ3) is 2.81. The first-order valence-corrected chi connectivity index (χ1v) is 8.76. The lowest BCUT2D eigenvalue weighted by molar-refractivity contribution is 0.349. The van der Waals surface area contributed by atoms with Crippen molar-refractivity contribution in [2.45, 2.75) is 51.5 Å². The minimum Gasteiger partial charge on any atom is -0.356 e. The summed E-state index contributed by atoms with van der Waals surface area (Å²) < 4.78 is 1.73. The third-order valence-electron chi connectivity index (χ3n) is 5.26. The average Bonchev–Trinajstić information content (AvgIpc) is 3.43. The quantitative estimate of drug-likeness (QED) is 0.867. The smallest absolute Gasteiger partial charge is 0.267 e. The topological polar surface area (TPSA) is 63.9 Å². The molecule has 1 aliphatic heterocycles. The maximum absolute atomic E-state index is 12.2. The van der Waals surface area contributed by atoms with Crippen molar-refractivity contribution < 1.29 is 0 Å². The van der Waals surface area contributed by atoms with Crippen molar-refractivity contribution in [2.24, 2.45) is 0 Å². The molecule has 2 aromatic heterocycles. The minimum atomic E-state index is 0.0203. The highest BCUT2D eigenvalue weighted by Gasteiger charge is 2.28. The van der Waals surface area contributed by atoms with E-state index < -0.39 is 0 Å². The van der Waals surface area contributed by atoms with Crippen molar-refractivity contribution >= 4 is 5.82 Å². The van der Waals surface area contributed by atoms with Gasteiger partial charge in [0.15, 0.2) is 0 Å². The Hall–Kier alpha value is -2.24. The fourth-order valence-electron chi connectivity index (χ4n) is 3.47. The Labute approximate surface area is 141 Å². The van der Waals surface area contributed by atoms with Gasteiger partial charge in [-0.3, -0.25) is 4.79 Å². The Morgan fingerprint density at radius 1 is 1.04 bits per heavy atom. The Morgan fingerprint density at radius 2 is 1.79 bits per heavy atom. The van der Waals surface area contributed by atoms with E-state index in [2.05, 4.69) is 26.9 Å². The van der Waals surface area contributed by atoms with Crippen molar-refractivity contribution in [1.82, 2.24) is 19.7 Å². The molecule has 2 aromatic rings. The van der Waals surface area contributed by atoms with Gasteiger partial charge >= 0.3 is 0 Å². The van der Waals surface area contributed by atoms with Gasteiger partial charge < -0.3 is 4.90 Å². The predicted octanol–water partition coefficient (Wildman–Crippen LogP) is 2.37. The molecule has 0 amide bonds. The monoisotopic (exact) mass is 325 g/mol. The predicted molar refractivity (Wildman–Crippen MR) is 92.5 cm³/mol. The number of anilines is 1. The number of piperidine rings is 1. The molecule has 0 N–H and O–H groups in total. The van der Waals surface area contributed by atoms with Crippen molar-refractivity contribution in [3.63, 3.8) is 0 Å². The number of aromatic nitrogens is 4. The largest absolute Gasteiger partial charge is 0.356 e. The summed E-state index contributed by atoms with van der Waals surface area (Å²) in [4.78, 5) is 23.2. The molecule has 4 rings (SSSR count). The van der Waals surface area contributed by atoms with E-state index in [1.165, 1.54) is 12.8 Å². The summed E-state index contributed by atoms with van der Waals surface area (Å²) in [5.74, 6) is 1.59. The molecule has 0 unspecified atom stereocenters. The number of aryl methyl sites for hydroxylation is 1. The highest BCUT2D eigenvalue weighted by atomic mass is 16.1. The second-order valence-electron chi connectivity index (χ2n) is 6.94. The fraction of sp³-hybridized carbons (Fsp3) is 0.556. The van der Waals surface area contributed by atoms with Gasteiger partial charge in [-0.2, -0.15) is 5.10 Å². The molecule has 126 valence electrons. The molecular weight excluding hydrogens is 302 g/mol. The van der Waals surface area contributed by atoms with E-state index in [0.29, 0.717) is 5.92 Å². The third-order valence-corrected chi connectivity index (χ3v) is 5.26. The van der Waals surface area contributed by atoms with Crippen molar-refractivity contribution in [1.29, 1.82) is 0 Å². The number of hydrogen-bond acceptors (Lipinski definition) is 5. The Balaban J connectivity index is 1.51. The lowest BCUT2D eigenvalue weighted by Crippen LogP contribution is -2.39. The van der Waals surface area contributed by atoms with Crippen LogP contribution in [-0.2, 0) is 0 Å². The first-order valence-electron chi connectivity index (χ1n) is 8.76. The van der Waals surface area contributed by atoms with Crippen molar-refractivity contribution in [3.8, 4) is 0 Å². The Morgan fingerprint density at radius 3 is 2.50 bits per heavy atom. The molecule has 0 atom stereocenters. The van der Waals surface area contributed by atoms with Gasteiger partial charge in [0.1, 0.15) is 12.1 Å². The maximum Gasteiger partial charge on any atom is 0.267 e. The summed E-state index contributed by atoms with van der Waals surface area (Å²) in [6.45, 7) is 5.87. The Bertz CT molecular complexity index is 803. The van der Waals surface area contributed by atoms with Crippen LogP contribution in [0.15, 0.2) is 23.3 Å². The summed E-state index contributed by atoms with van der Waals surface area (Å²) in [7, 11) is 0. The molecule has 2 aliphatic rings. The van der Waals surface area contributed by atoms with E-state index in [0.717, 1.165) is 48.7 Å². The van der Waals surface area contributed by atoms with E-state index in [9.17, 15) is 4.79 Å². The molecule has 1 saturated carbocycles. The molecule has 1 saturated heterocycles. The first-order chi connectivity index (χ1) is 11.6. The van der Waals surface area contributed by atoms with E-state index in [1.807, 2.05) is 13.0 Å². The maximum atomic E-state index is 12.2. The highest BCUT2D eigenvalue weighted by molar-refractivity contribution is 5.47. The number of rotatable bonds is 3. The molecule has 6 heteroatoms. The zero-order valence-electron chi connectivity index (χ0n) is 14.3. The van der Waals surface area contributed by atoms with Crippen LogP contribution in [0, 0.1) is 13.8 Å². The summed E-state index contributed by atoms with van der Waals surface area (Å²) in [5.41, 5.74) is 3.27.